The fourth-order valence-electron chi connectivity index (χ4n) is 3.20. The lowest BCUT2D eigenvalue weighted by Gasteiger charge is -2.33. The summed E-state index contributed by atoms with van der Waals surface area (Å²) in [6.45, 7) is 0. The molecule has 0 aromatic heterocycles. The van der Waals surface area contributed by atoms with E-state index in [1.54, 1.807) is 0 Å². The van der Waals surface area contributed by atoms with Crippen LogP contribution in [-0.2, 0) is 14.9 Å². The fraction of sp³-hybridized carbons (Fsp3) is 0.0526. The van der Waals surface area contributed by atoms with Crippen LogP contribution in [0.1, 0.15) is 16.7 Å². The highest BCUT2D eigenvalue weighted by Crippen LogP contribution is 2.52. The number of hydrogen-bond acceptors (Lipinski definition) is 4. The standard InChI is InChI=1S/C19H12Cl4O5S/c20-12-5-1-3-10(7-12)19(29(26,27)28,11-4-2-6-13(24)8-11)14-9-15(21)16(22)17(23)18(14)25/h1-9,24-25H,(H,26,27,28). The summed E-state index contributed by atoms with van der Waals surface area (Å²) in [5, 5.41) is 20.1. The first-order valence-corrected chi connectivity index (χ1v) is 10.8. The minimum Gasteiger partial charge on any atom is -0.508 e. The molecule has 1 unspecified atom stereocenters. The average Bonchev–Trinajstić information content (AvgIpc) is 2.64. The molecule has 0 bridgehead atoms. The first-order chi connectivity index (χ1) is 13.5. The van der Waals surface area contributed by atoms with E-state index in [1.807, 2.05) is 0 Å². The van der Waals surface area contributed by atoms with Gasteiger partial charge in [0.15, 0.2) is 4.75 Å². The largest absolute Gasteiger partial charge is 0.508 e. The van der Waals surface area contributed by atoms with Crippen molar-refractivity contribution in [2.45, 2.75) is 4.75 Å². The number of aromatic hydroxyl groups is 2. The lowest BCUT2D eigenvalue weighted by atomic mass is 9.83. The number of benzene rings is 3. The van der Waals surface area contributed by atoms with Crippen molar-refractivity contribution in [3.8, 4) is 11.5 Å². The topological polar surface area (TPSA) is 94.8 Å². The van der Waals surface area contributed by atoms with Gasteiger partial charge in [-0.2, -0.15) is 8.42 Å². The number of halogens is 4. The van der Waals surface area contributed by atoms with Crippen LogP contribution in [0, 0.1) is 0 Å². The second-order valence-corrected chi connectivity index (χ2v) is 9.26. The summed E-state index contributed by atoms with van der Waals surface area (Å²) < 4.78 is 33.9. The maximum atomic E-state index is 12.9. The fourth-order valence-corrected chi connectivity index (χ4v) is 5.27. The molecule has 0 spiro atoms. The summed E-state index contributed by atoms with van der Waals surface area (Å²) in [5.74, 6) is -0.981. The smallest absolute Gasteiger partial charge is 0.283 e. The maximum Gasteiger partial charge on any atom is 0.283 e. The summed E-state index contributed by atoms with van der Waals surface area (Å²) in [4.78, 5) is 0. The monoisotopic (exact) mass is 492 g/mol. The first kappa shape index (κ1) is 22.0. The van der Waals surface area contributed by atoms with E-state index in [-0.39, 0.29) is 37.5 Å². The van der Waals surface area contributed by atoms with Crippen molar-refractivity contribution in [2.24, 2.45) is 0 Å². The van der Waals surface area contributed by atoms with E-state index in [1.165, 1.54) is 42.5 Å². The molecule has 10 heteroatoms. The maximum absolute atomic E-state index is 12.9. The van der Waals surface area contributed by atoms with Gasteiger partial charge in [0.1, 0.15) is 16.5 Å². The van der Waals surface area contributed by atoms with Crippen LogP contribution in [0.4, 0.5) is 0 Å². The third-order valence-electron chi connectivity index (χ3n) is 4.39. The van der Waals surface area contributed by atoms with Gasteiger partial charge in [0.25, 0.3) is 10.1 Å². The molecule has 0 amide bonds. The summed E-state index contributed by atoms with van der Waals surface area (Å²) in [7, 11) is -5.08. The molecule has 0 heterocycles. The summed E-state index contributed by atoms with van der Waals surface area (Å²) in [5.41, 5.74) is -0.484. The van der Waals surface area contributed by atoms with Gasteiger partial charge in [-0.25, -0.2) is 0 Å². The van der Waals surface area contributed by atoms with E-state index in [0.717, 1.165) is 12.1 Å². The number of phenolic OH excluding ortho intramolecular Hbond substituents is 2. The zero-order chi connectivity index (χ0) is 21.6. The summed E-state index contributed by atoms with van der Waals surface area (Å²) in [6.07, 6.45) is 0. The van der Waals surface area contributed by atoms with Crippen molar-refractivity contribution in [2.75, 3.05) is 0 Å². The molecule has 0 aliphatic heterocycles. The molecule has 0 fully saturated rings. The Morgan fingerprint density at radius 1 is 0.793 bits per heavy atom. The minimum atomic E-state index is -5.08. The molecule has 3 N–H and O–H groups in total. The van der Waals surface area contributed by atoms with E-state index in [2.05, 4.69) is 0 Å². The molecular formula is C19H12Cl4O5S. The Kier molecular flexibility index (Phi) is 5.98. The highest BCUT2D eigenvalue weighted by Gasteiger charge is 2.51. The SMILES string of the molecule is O=S(=O)(O)C(c1cccc(O)c1)(c1cccc(Cl)c1)c1cc(Cl)c(Cl)c(Cl)c1O. The predicted octanol–water partition coefficient (Wildman–Crippen LogP) is 5.89. The molecule has 0 saturated heterocycles. The Morgan fingerprint density at radius 3 is 1.93 bits per heavy atom. The highest BCUT2D eigenvalue weighted by molar-refractivity contribution is 7.87. The molecule has 3 aromatic carbocycles. The van der Waals surface area contributed by atoms with Crippen molar-refractivity contribution in [1.82, 2.24) is 0 Å². The Hall–Kier alpha value is -1.67. The quantitative estimate of drug-likeness (QED) is 0.239. The molecule has 3 aromatic rings. The molecule has 1 atom stereocenters. The molecule has 0 radical (unpaired) electrons. The van der Waals surface area contributed by atoms with Gasteiger partial charge in [-0.1, -0.05) is 70.7 Å². The Labute approximate surface area is 186 Å². The molecule has 5 nitrogen and oxygen atoms in total. The second-order valence-electron chi connectivity index (χ2n) is 6.10. The van der Waals surface area contributed by atoms with Crippen LogP contribution < -0.4 is 0 Å². The van der Waals surface area contributed by atoms with Crippen LogP contribution in [-0.4, -0.2) is 23.2 Å². The van der Waals surface area contributed by atoms with Crippen LogP contribution >= 0.6 is 46.4 Å². The predicted molar refractivity (Wildman–Crippen MR) is 114 cm³/mol. The number of hydrogen-bond donors (Lipinski definition) is 3. The number of phenols is 2. The Morgan fingerprint density at radius 2 is 1.38 bits per heavy atom. The van der Waals surface area contributed by atoms with Crippen molar-refractivity contribution < 1.29 is 23.2 Å². The normalized spacial score (nSPS) is 13.8. The van der Waals surface area contributed by atoms with Crippen molar-refractivity contribution in [3.05, 3.63) is 91.4 Å². The van der Waals surface area contributed by atoms with Crippen LogP contribution in [0.15, 0.2) is 54.6 Å². The lowest BCUT2D eigenvalue weighted by molar-refractivity contribution is 0.439. The molecule has 0 aliphatic carbocycles. The van der Waals surface area contributed by atoms with Crippen molar-refractivity contribution in [3.63, 3.8) is 0 Å². The van der Waals surface area contributed by atoms with E-state index < -0.39 is 25.6 Å². The van der Waals surface area contributed by atoms with Gasteiger partial charge in [-0.3, -0.25) is 4.55 Å². The van der Waals surface area contributed by atoms with Crippen LogP contribution in [0.2, 0.25) is 20.1 Å². The number of rotatable bonds is 4. The van der Waals surface area contributed by atoms with E-state index >= 15 is 0 Å². The molecule has 0 aliphatic rings. The van der Waals surface area contributed by atoms with E-state index in [0.29, 0.717) is 0 Å². The van der Waals surface area contributed by atoms with Gasteiger partial charge in [-0.05, 0) is 41.5 Å². The summed E-state index contributed by atoms with van der Waals surface area (Å²) >= 11 is 24.2. The Bertz CT molecular complexity index is 1170. The second kappa shape index (κ2) is 7.87. The van der Waals surface area contributed by atoms with Crippen LogP contribution in [0.5, 0.6) is 11.5 Å². The van der Waals surface area contributed by atoms with Gasteiger partial charge in [0.05, 0.1) is 10.0 Å². The van der Waals surface area contributed by atoms with Gasteiger partial charge in [-0.15, -0.1) is 0 Å². The van der Waals surface area contributed by atoms with Crippen LogP contribution in [0.3, 0.4) is 0 Å². The van der Waals surface area contributed by atoms with Crippen molar-refractivity contribution >= 4 is 56.5 Å². The minimum absolute atomic E-state index is 0.0251. The summed E-state index contributed by atoms with van der Waals surface area (Å²) in [6, 6.07) is 11.9. The third kappa shape index (κ3) is 3.65. The molecule has 29 heavy (non-hydrogen) atoms. The van der Waals surface area contributed by atoms with E-state index in [9.17, 15) is 23.2 Å². The lowest BCUT2D eigenvalue weighted by Crippen LogP contribution is -2.38. The van der Waals surface area contributed by atoms with Gasteiger partial charge < -0.3 is 10.2 Å². The molecular weight excluding hydrogens is 482 g/mol. The Balaban J connectivity index is 2.62. The molecule has 152 valence electrons. The molecule has 0 saturated carbocycles. The molecule has 3 rings (SSSR count). The van der Waals surface area contributed by atoms with Crippen LogP contribution in [0.25, 0.3) is 0 Å². The first-order valence-electron chi connectivity index (χ1n) is 7.89. The van der Waals surface area contributed by atoms with Gasteiger partial charge in [0.2, 0.25) is 0 Å². The van der Waals surface area contributed by atoms with E-state index in [4.69, 9.17) is 46.4 Å². The van der Waals surface area contributed by atoms with Gasteiger partial charge >= 0.3 is 0 Å². The van der Waals surface area contributed by atoms with Gasteiger partial charge in [0, 0.05) is 10.6 Å². The zero-order valence-electron chi connectivity index (χ0n) is 14.3. The average molecular weight is 494 g/mol. The highest BCUT2D eigenvalue weighted by atomic mass is 35.5. The zero-order valence-corrected chi connectivity index (χ0v) is 18.1. The third-order valence-corrected chi connectivity index (χ3v) is 7.34. The van der Waals surface area contributed by atoms with Crippen molar-refractivity contribution in [1.29, 1.82) is 0 Å².